The molecule has 2 aromatic carbocycles. The number of halogens is 1. The average Bonchev–Trinajstić information content (AvgIpc) is 2.88. The van der Waals surface area contributed by atoms with E-state index in [2.05, 4.69) is 19.1 Å². The Hall–Kier alpha value is -2.90. The lowest BCUT2D eigenvalue weighted by Gasteiger charge is -2.19. The molecule has 0 saturated carbocycles. The van der Waals surface area contributed by atoms with Gasteiger partial charge in [0.15, 0.2) is 0 Å². The van der Waals surface area contributed by atoms with Gasteiger partial charge in [-0.2, -0.15) is 0 Å². The first-order chi connectivity index (χ1) is 17.9. The highest BCUT2D eigenvalue weighted by molar-refractivity contribution is 5.85. The minimum atomic E-state index is -0.896. The van der Waals surface area contributed by atoms with Crippen molar-refractivity contribution in [1.82, 2.24) is 0 Å². The third kappa shape index (κ3) is 14.1. The number of primary amides is 1. The number of hydrogen-bond donors (Lipinski definition) is 2. The summed E-state index contributed by atoms with van der Waals surface area (Å²) in [5.41, 5.74) is 14.5. The topological polar surface area (TPSA) is 122 Å². The summed E-state index contributed by atoms with van der Waals surface area (Å²) in [4.78, 5) is 36.1. The van der Waals surface area contributed by atoms with Crippen LogP contribution in [0.2, 0.25) is 0 Å². The molecule has 7 nitrogen and oxygen atoms in total. The van der Waals surface area contributed by atoms with Crippen molar-refractivity contribution in [2.45, 2.75) is 96.3 Å². The Labute approximate surface area is 233 Å². The number of unbranched alkanes of at least 4 members (excludes halogenated alkanes) is 4. The number of benzene rings is 2. The first-order valence-electron chi connectivity index (χ1n) is 13.4. The summed E-state index contributed by atoms with van der Waals surface area (Å²) < 4.78 is 10.8. The minimum Gasteiger partial charge on any atom is -0.461 e. The molecule has 0 aliphatic carbocycles. The number of carbonyl (C=O) groups is 3. The number of aryl methyl sites for hydroxylation is 1. The molecule has 0 spiro atoms. The predicted molar refractivity (Wildman–Crippen MR) is 152 cm³/mol. The monoisotopic (exact) mass is 546 g/mol. The van der Waals surface area contributed by atoms with E-state index in [0.717, 1.165) is 17.5 Å². The SMILES string of the molecule is CCCCCCCc1ccc(C[C@@H](CC(N)=O)OC(=O)[C@@H](N)CCCC(=O)OCc2ccccc2)cc1.Cl. The lowest BCUT2D eigenvalue weighted by molar-refractivity contribution is -0.152. The first kappa shape index (κ1) is 33.1. The lowest BCUT2D eigenvalue weighted by atomic mass is 10.0. The molecule has 2 atom stereocenters. The van der Waals surface area contributed by atoms with Gasteiger partial charge >= 0.3 is 11.9 Å². The van der Waals surface area contributed by atoms with Gasteiger partial charge in [0.1, 0.15) is 18.8 Å². The van der Waals surface area contributed by atoms with Gasteiger partial charge in [-0.3, -0.25) is 14.4 Å². The third-order valence-corrected chi connectivity index (χ3v) is 6.21. The van der Waals surface area contributed by atoms with E-state index in [0.29, 0.717) is 12.8 Å². The Morgan fingerprint density at radius 1 is 0.842 bits per heavy atom. The Bertz CT molecular complexity index is 953. The van der Waals surface area contributed by atoms with E-state index < -0.39 is 24.0 Å². The highest BCUT2D eigenvalue weighted by atomic mass is 35.5. The van der Waals surface area contributed by atoms with Crippen LogP contribution >= 0.6 is 12.4 Å². The molecular formula is C30H43ClN2O5. The van der Waals surface area contributed by atoms with Gasteiger partial charge in [-0.1, -0.05) is 87.2 Å². The standard InChI is InChI=1S/C30H42N2O5.ClH/c1-2-3-4-5-7-11-23-16-18-24(19-17-23)20-26(21-28(32)33)37-30(35)27(31)14-10-15-29(34)36-22-25-12-8-6-9-13-25;/h6,8-9,12-13,16-19,26-27H,2-5,7,10-11,14-15,20-22,31H2,1H3,(H2,32,33);1H/t26-,27-;/m0./s1. The maximum Gasteiger partial charge on any atom is 0.323 e. The number of esters is 2. The number of hydrogen-bond acceptors (Lipinski definition) is 6. The normalized spacial score (nSPS) is 12.2. The van der Waals surface area contributed by atoms with Crippen LogP contribution in [0, 0.1) is 0 Å². The molecule has 0 radical (unpaired) electrons. The van der Waals surface area contributed by atoms with Crippen molar-refractivity contribution in [3.63, 3.8) is 0 Å². The van der Waals surface area contributed by atoms with Gasteiger partial charge in [0.05, 0.1) is 6.42 Å². The summed E-state index contributed by atoms with van der Waals surface area (Å²) in [7, 11) is 0. The molecule has 0 bridgehead atoms. The fourth-order valence-electron chi connectivity index (χ4n) is 4.06. The van der Waals surface area contributed by atoms with Crippen LogP contribution in [0.1, 0.15) is 81.4 Å². The van der Waals surface area contributed by atoms with Crippen molar-refractivity contribution in [3.05, 3.63) is 71.3 Å². The van der Waals surface area contributed by atoms with Gasteiger partial charge in [-0.25, -0.2) is 0 Å². The van der Waals surface area contributed by atoms with Crippen molar-refractivity contribution >= 4 is 30.3 Å². The number of nitrogens with two attached hydrogens (primary N) is 2. The van der Waals surface area contributed by atoms with Gasteiger partial charge in [0.25, 0.3) is 0 Å². The molecular weight excluding hydrogens is 504 g/mol. The Kier molecular flexibility index (Phi) is 16.7. The summed E-state index contributed by atoms with van der Waals surface area (Å²) in [5, 5.41) is 0. The van der Waals surface area contributed by atoms with E-state index in [9.17, 15) is 14.4 Å². The van der Waals surface area contributed by atoms with E-state index in [1.807, 2.05) is 42.5 Å². The zero-order valence-corrected chi connectivity index (χ0v) is 23.3. The molecule has 0 aromatic heterocycles. The van der Waals surface area contributed by atoms with Crippen LogP contribution in [0.4, 0.5) is 0 Å². The molecule has 4 N–H and O–H groups in total. The highest BCUT2D eigenvalue weighted by Gasteiger charge is 2.22. The molecule has 0 fully saturated rings. The zero-order chi connectivity index (χ0) is 26.9. The van der Waals surface area contributed by atoms with E-state index in [1.165, 1.54) is 37.7 Å². The highest BCUT2D eigenvalue weighted by Crippen LogP contribution is 2.15. The van der Waals surface area contributed by atoms with Crippen LogP contribution in [0.5, 0.6) is 0 Å². The molecule has 38 heavy (non-hydrogen) atoms. The van der Waals surface area contributed by atoms with Crippen molar-refractivity contribution < 1.29 is 23.9 Å². The van der Waals surface area contributed by atoms with E-state index in [4.69, 9.17) is 20.9 Å². The molecule has 2 rings (SSSR count). The second-order valence-corrected chi connectivity index (χ2v) is 9.56. The lowest BCUT2D eigenvalue weighted by Crippen LogP contribution is -2.37. The van der Waals surface area contributed by atoms with Crippen molar-refractivity contribution in [2.24, 2.45) is 11.5 Å². The summed E-state index contributed by atoms with van der Waals surface area (Å²) in [6.07, 6.45) is 7.67. The Morgan fingerprint density at radius 2 is 1.50 bits per heavy atom. The molecule has 0 unspecified atom stereocenters. The van der Waals surface area contributed by atoms with Crippen molar-refractivity contribution in [3.8, 4) is 0 Å². The molecule has 0 saturated heterocycles. The van der Waals surface area contributed by atoms with Crippen LogP contribution in [-0.4, -0.2) is 30.0 Å². The molecule has 8 heteroatoms. The van der Waals surface area contributed by atoms with Gasteiger partial charge in [0.2, 0.25) is 5.91 Å². The van der Waals surface area contributed by atoms with Crippen LogP contribution < -0.4 is 11.5 Å². The van der Waals surface area contributed by atoms with Gasteiger partial charge < -0.3 is 20.9 Å². The van der Waals surface area contributed by atoms with Gasteiger partial charge in [-0.15, -0.1) is 12.4 Å². The van der Waals surface area contributed by atoms with Gasteiger partial charge in [-0.05, 0) is 42.4 Å². The maximum absolute atomic E-state index is 12.5. The van der Waals surface area contributed by atoms with E-state index in [1.54, 1.807) is 0 Å². The first-order valence-corrected chi connectivity index (χ1v) is 13.4. The minimum absolute atomic E-state index is 0. The number of ether oxygens (including phenoxy) is 2. The van der Waals surface area contributed by atoms with Crippen LogP contribution in [0.3, 0.4) is 0 Å². The fourth-order valence-corrected chi connectivity index (χ4v) is 4.06. The summed E-state index contributed by atoms with van der Waals surface area (Å²) >= 11 is 0. The second-order valence-electron chi connectivity index (χ2n) is 9.56. The number of carbonyl (C=O) groups excluding carboxylic acids is 3. The van der Waals surface area contributed by atoms with E-state index in [-0.39, 0.29) is 44.2 Å². The maximum atomic E-state index is 12.5. The molecule has 2 aromatic rings. The number of rotatable bonds is 18. The molecule has 0 aliphatic heterocycles. The largest absolute Gasteiger partial charge is 0.461 e. The smallest absolute Gasteiger partial charge is 0.323 e. The van der Waals surface area contributed by atoms with Crippen LogP contribution in [0.15, 0.2) is 54.6 Å². The molecule has 210 valence electrons. The van der Waals surface area contributed by atoms with Crippen LogP contribution in [-0.2, 0) is 43.3 Å². The summed E-state index contributed by atoms with van der Waals surface area (Å²) in [6.45, 7) is 2.42. The van der Waals surface area contributed by atoms with Crippen LogP contribution in [0.25, 0.3) is 0 Å². The predicted octanol–water partition coefficient (Wildman–Crippen LogP) is 5.19. The zero-order valence-electron chi connectivity index (χ0n) is 22.4. The summed E-state index contributed by atoms with van der Waals surface area (Å²) in [6, 6.07) is 16.7. The van der Waals surface area contributed by atoms with E-state index >= 15 is 0 Å². The molecule has 1 amide bonds. The molecule has 0 aliphatic rings. The Morgan fingerprint density at radius 3 is 2.16 bits per heavy atom. The molecule has 0 heterocycles. The average molecular weight is 547 g/mol. The third-order valence-electron chi connectivity index (χ3n) is 6.21. The fraction of sp³-hybridized carbons (Fsp3) is 0.500. The Balaban J connectivity index is 0.00000722. The number of amides is 1. The van der Waals surface area contributed by atoms with Crippen molar-refractivity contribution in [1.29, 1.82) is 0 Å². The second kappa shape index (κ2) is 19.2. The summed E-state index contributed by atoms with van der Waals surface area (Å²) in [5.74, 6) is -1.50. The van der Waals surface area contributed by atoms with Crippen molar-refractivity contribution in [2.75, 3.05) is 0 Å². The van der Waals surface area contributed by atoms with Gasteiger partial charge in [0, 0.05) is 12.8 Å². The quantitative estimate of drug-likeness (QED) is 0.196.